The smallest absolute Gasteiger partial charge is 0.311 e. The van der Waals surface area contributed by atoms with Gasteiger partial charge in [0.25, 0.3) is 0 Å². The third-order valence-corrected chi connectivity index (χ3v) is 12.5. The van der Waals surface area contributed by atoms with Gasteiger partial charge in [0.05, 0.1) is 0 Å². The average molecular weight is 592 g/mol. The topological polar surface area (TPSA) is 65.5 Å². The molecule has 5 heteroatoms. The molecule has 0 amide bonds. The predicted octanol–water partition coefficient (Wildman–Crippen LogP) is 9.50. The first kappa shape index (κ1) is 32.2. The lowest BCUT2D eigenvalue weighted by atomic mass is 9.47. The van der Waals surface area contributed by atoms with Crippen LogP contribution in [0.4, 0.5) is 0 Å². The standard InChI is InChI=1S/C38H57NO4/c1-26(2)9-8-10-27(3)32-15-16-33-31-14-13-28-25-30(17-21-37(28,4)34(31)18-22-38(32,33)5)43-36(41)12-7-6-11-35(40)42-29-19-23-39-24-20-29/h13,19-20,23-24,26-27,30-34H,6-12,14-18,21-22,25H2,1-5H3/t27-,30?,31+,32-,33+,34+,37+,38-/m1/s1. The SMILES string of the molecule is CC(C)CCC[C@@H](C)[C@H]1CC[C@H]2[C@@H]3CC=C4CC(OC(=O)CCCCC(=O)Oc5ccncc5)CC[C@]4(C)[C@H]3CC[C@]12C. The molecule has 0 N–H and O–H groups in total. The van der Waals surface area contributed by atoms with E-state index < -0.39 is 0 Å². The zero-order valence-electron chi connectivity index (χ0n) is 27.6. The summed E-state index contributed by atoms with van der Waals surface area (Å²) in [6, 6.07) is 3.33. The number of nitrogens with zero attached hydrogens (tertiary/aromatic N) is 1. The largest absolute Gasteiger partial charge is 0.462 e. The third kappa shape index (κ3) is 7.22. The van der Waals surface area contributed by atoms with Crippen LogP contribution in [0.5, 0.6) is 5.75 Å². The number of carbonyl (C=O) groups excluding carboxylic acids is 2. The highest BCUT2D eigenvalue weighted by molar-refractivity contribution is 5.72. The fourth-order valence-corrected chi connectivity index (χ4v) is 10.1. The fraction of sp³-hybridized carbons (Fsp3) is 0.763. The number of aromatic nitrogens is 1. The second kappa shape index (κ2) is 13.9. The Morgan fingerprint density at radius 1 is 0.907 bits per heavy atom. The number of fused-ring (bicyclic) bond motifs is 5. The van der Waals surface area contributed by atoms with Gasteiger partial charge in [-0.2, -0.15) is 0 Å². The molecule has 1 unspecified atom stereocenters. The van der Waals surface area contributed by atoms with Crippen molar-refractivity contribution in [1.82, 2.24) is 4.98 Å². The molecule has 1 heterocycles. The summed E-state index contributed by atoms with van der Waals surface area (Å²) in [5, 5.41) is 0. The van der Waals surface area contributed by atoms with Crippen LogP contribution in [0.15, 0.2) is 36.2 Å². The van der Waals surface area contributed by atoms with E-state index in [2.05, 4.69) is 45.7 Å². The van der Waals surface area contributed by atoms with Crippen LogP contribution >= 0.6 is 0 Å². The second-order valence-electron chi connectivity index (χ2n) is 15.5. The Hall–Kier alpha value is -2.17. The number of allylic oxidation sites excluding steroid dienone is 1. The van der Waals surface area contributed by atoms with Crippen LogP contribution in [0.1, 0.15) is 131 Å². The minimum atomic E-state index is -0.277. The molecule has 0 bridgehead atoms. The van der Waals surface area contributed by atoms with Crippen LogP contribution in [0.25, 0.3) is 0 Å². The van der Waals surface area contributed by atoms with Gasteiger partial charge in [0.2, 0.25) is 0 Å². The van der Waals surface area contributed by atoms with E-state index in [-0.39, 0.29) is 23.5 Å². The van der Waals surface area contributed by atoms with E-state index in [0.29, 0.717) is 36.8 Å². The normalized spacial score (nSPS) is 34.0. The number of rotatable bonds is 12. The number of unbranched alkanes of at least 4 members (excludes halogenated alkanes) is 1. The fourth-order valence-electron chi connectivity index (χ4n) is 10.1. The van der Waals surface area contributed by atoms with Crippen molar-refractivity contribution >= 4 is 11.9 Å². The van der Waals surface area contributed by atoms with Crippen LogP contribution in [-0.2, 0) is 14.3 Å². The maximum atomic E-state index is 12.7. The van der Waals surface area contributed by atoms with E-state index in [1.165, 1.54) is 51.4 Å². The highest BCUT2D eigenvalue weighted by atomic mass is 16.5. The van der Waals surface area contributed by atoms with Crippen molar-refractivity contribution in [3.05, 3.63) is 36.2 Å². The van der Waals surface area contributed by atoms with Crippen molar-refractivity contribution < 1.29 is 19.1 Å². The van der Waals surface area contributed by atoms with E-state index in [4.69, 9.17) is 9.47 Å². The van der Waals surface area contributed by atoms with Gasteiger partial charge >= 0.3 is 11.9 Å². The number of esters is 2. The first-order chi connectivity index (χ1) is 20.6. The summed E-state index contributed by atoms with van der Waals surface area (Å²) in [6.45, 7) is 12.5. The van der Waals surface area contributed by atoms with Crippen molar-refractivity contribution in [2.45, 2.75) is 137 Å². The predicted molar refractivity (Wildman–Crippen MR) is 171 cm³/mol. The lowest BCUT2D eigenvalue weighted by Gasteiger charge is -2.58. The maximum absolute atomic E-state index is 12.7. The number of carbonyl (C=O) groups is 2. The van der Waals surface area contributed by atoms with Crippen LogP contribution in [0.3, 0.4) is 0 Å². The number of ether oxygens (including phenoxy) is 2. The zero-order chi connectivity index (χ0) is 30.6. The summed E-state index contributed by atoms with van der Waals surface area (Å²) < 4.78 is 11.3. The van der Waals surface area contributed by atoms with Crippen molar-refractivity contribution in [3.8, 4) is 5.75 Å². The van der Waals surface area contributed by atoms with E-state index in [1.807, 2.05) is 0 Å². The lowest BCUT2D eigenvalue weighted by Crippen LogP contribution is -2.51. The second-order valence-corrected chi connectivity index (χ2v) is 15.5. The quantitative estimate of drug-likeness (QED) is 0.138. The van der Waals surface area contributed by atoms with E-state index in [1.54, 1.807) is 30.1 Å². The Bertz CT molecular complexity index is 1130. The number of hydrogen-bond donors (Lipinski definition) is 0. The molecule has 5 nitrogen and oxygen atoms in total. The minimum Gasteiger partial charge on any atom is -0.462 e. The van der Waals surface area contributed by atoms with Crippen LogP contribution < -0.4 is 4.74 Å². The molecule has 0 saturated heterocycles. The van der Waals surface area contributed by atoms with Gasteiger partial charge < -0.3 is 9.47 Å². The highest BCUT2D eigenvalue weighted by Crippen LogP contribution is 2.67. The van der Waals surface area contributed by atoms with Gasteiger partial charge in [-0.15, -0.1) is 0 Å². The molecular formula is C38H57NO4. The maximum Gasteiger partial charge on any atom is 0.311 e. The summed E-state index contributed by atoms with van der Waals surface area (Å²) in [5.41, 5.74) is 2.35. The van der Waals surface area contributed by atoms with Gasteiger partial charge in [-0.3, -0.25) is 14.6 Å². The van der Waals surface area contributed by atoms with E-state index in [0.717, 1.165) is 54.8 Å². The zero-order valence-corrected chi connectivity index (χ0v) is 27.6. The van der Waals surface area contributed by atoms with Gasteiger partial charge in [0.15, 0.2) is 0 Å². The van der Waals surface area contributed by atoms with E-state index in [9.17, 15) is 9.59 Å². The van der Waals surface area contributed by atoms with Gasteiger partial charge in [-0.1, -0.05) is 65.5 Å². The van der Waals surface area contributed by atoms with Crippen LogP contribution in [0.2, 0.25) is 0 Å². The molecule has 3 saturated carbocycles. The van der Waals surface area contributed by atoms with Crippen molar-refractivity contribution in [1.29, 1.82) is 0 Å². The monoisotopic (exact) mass is 591 g/mol. The molecule has 1 aromatic rings. The molecule has 1 aromatic heterocycles. The first-order valence-electron chi connectivity index (χ1n) is 17.6. The molecule has 0 radical (unpaired) electrons. The van der Waals surface area contributed by atoms with Gasteiger partial charge in [0, 0.05) is 31.7 Å². The number of pyridine rings is 1. The van der Waals surface area contributed by atoms with Gasteiger partial charge in [-0.05, 0) is 116 Å². The Morgan fingerprint density at radius 3 is 2.40 bits per heavy atom. The Labute approximate surface area is 261 Å². The Kier molecular flexibility index (Phi) is 10.4. The summed E-state index contributed by atoms with van der Waals surface area (Å²) in [4.78, 5) is 28.7. The van der Waals surface area contributed by atoms with E-state index >= 15 is 0 Å². The Balaban J connectivity index is 1.09. The average Bonchev–Trinajstić information content (AvgIpc) is 3.33. The van der Waals surface area contributed by atoms with Crippen molar-refractivity contribution in [2.24, 2.45) is 46.3 Å². The molecule has 0 spiro atoms. The molecule has 238 valence electrons. The Morgan fingerprint density at radius 2 is 1.65 bits per heavy atom. The van der Waals surface area contributed by atoms with Gasteiger partial charge in [-0.25, -0.2) is 0 Å². The van der Waals surface area contributed by atoms with Crippen molar-refractivity contribution in [3.63, 3.8) is 0 Å². The molecule has 8 atom stereocenters. The van der Waals surface area contributed by atoms with Crippen LogP contribution in [-0.4, -0.2) is 23.0 Å². The van der Waals surface area contributed by atoms with Gasteiger partial charge in [0.1, 0.15) is 11.9 Å². The minimum absolute atomic E-state index is 0.00330. The molecule has 4 aliphatic carbocycles. The molecule has 3 fully saturated rings. The molecule has 4 aliphatic rings. The third-order valence-electron chi connectivity index (χ3n) is 12.5. The first-order valence-corrected chi connectivity index (χ1v) is 17.6. The molecule has 0 aliphatic heterocycles. The highest BCUT2D eigenvalue weighted by Gasteiger charge is 2.59. The lowest BCUT2D eigenvalue weighted by molar-refractivity contribution is -0.152. The summed E-state index contributed by atoms with van der Waals surface area (Å²) >= 11 is 0. The number of hydrogen-bond acceptors (Lipinski definition) is 5. The summed E-state index contributed by atoms with van der Waals surface area (Å²) in [6.07, 6.45) is 21.7. The molecule has 43 heavy (non-hydrogen) atoms. The molecular weight excluding hydrogens is 534 g/mol. The summed E-state index contributed by atoms with van der Waals surface area (Å²) in [5.74, 6) is 5.14. The van der Waals surface area contributed by atoms with Crippen LogP contribution in [0, 0.1) is 46.3 Å². The molecule has 5 rings (SSSR count). The molecule has 0 aromatic carbocycles. The summed E-state index contributed by atoms with van der Waals surface area (Å²) in [7, 11) is 0. The van der Waals surface area contributed by atoms with Crippen molar-refractivity contribution in [2.75, 3.05) is 0 Å².